The molecule has 8 nitrogen and oxygen atoms in total. The average Bonchev–Trinajstić information content (AvgIpc) is 3.32. The summed E-state index contributed by atoms with van der Waals surface area (Å²) >= 11 is 6.00. The van der Waals surface area contributed by atoms with Crippen LogP contribution in [0.4, 0.5) is 16.0 Å². The Balaban J connectivity index is 1.32. The van der Waals surface area contributed by atoms with E-state index < -0.39 is 23.4 Å². The number of nitrogen functional groups attached to an aromatic ring is 2. The summed E-state index contributed by atoms with van der Waals surface area (Å²) in [5.74, 6) is 0.147. The van der Waals surface area contributed by atoms with Crippen LogP contribution in [0.1, 0.15) is 24.9 Å². The van der Waals surface area contributed by atoms with Crippen molar-refractivity contribution in [2.75, 3.05) is 11.5 Å². The van der Waals surface area contributed by atoms with Crippen molar-refractivity contribution < 1.29 is 14.6 Å². The summed E-state index contributed by atoms with van der Waals surface area (Å²) in [7, 11) is 0. The van der Waals surface area contributed by atoms with Crippen molar-refractivity contribution in [2.45, 2.75) is 38.0 Å². The van der Waals surface area contributed by atoms with Gasteiger partial charge in [-0.25, -0.2) is 19.3 Å². The number of nitrogens with two attached hydrogens (primary N) is 2. The number of aromatic nitrogens is 4. The van der Waals surface area contributed by atoms with Gasteiger partial charge in [0.25, 0.3) is 0 Å². The average molecular weight is 483 g/mol. The Morgan fingerprint density at radius 3 is 2.79 bits per heavy atom. The Kier molecular flexibility index (Phi) is 4.58. The fourth-order valence-electron chi connectivity index (χ4n) is 6.23. The molecule has 2 unspecified atom stereocenters. The molecule has 2 fully saturated rings. The summed E-state index contributed by atoms with van der Waals surface area (Å²) in [6.45, 7) is 2.04. The number of halogens is 2. The molecular weight excluding hydrogens is 459 g/mol. The van der Waals surface area contributed by atoms with Crippen LogP contribution >= 0.6 is 11.6 Å². The lowest BCUT2D eigenvalue weighted by molar-refractivity contribution is -0.0299. The van der Waals surface area contributed by atoms with E-state index in [1.165, 1.54) is 18.5 Å². The number of nitrogens with zero attached hydrogens (tertiary/aromatic N) is 4. The third-order valence-corrected chi connectivity index (χ3v) is 8.29. The molecule has 4 aromatic rings. The second-order valence-corrected chi connectivity index (χ2v) is 10.1. The van der Waals surface area contributed by atoms with E-state index in [-0.39, 0.29) is 28.7 Å². The van der Waals surface area contributed by atoms with Crippen molar-refractivity contribution in [1.82, 2.24) is 19.5 Å². The molecule has 10 heteroatoms. The van der Waals surface area contributed by atoms with Gasteiger partial charge in [-0.1, -0.05) is 18.5 Å². The van der Waals surface area contributed by atoms with Gasteiger partial charge in [-0.15, -0.1) is 0 Å². The molecule has 6 rings (SSSR count). The van der Waals surface area contributed by atoms with Crippen molar-refractivity contribution in [3.05, 3.63) is 53.2 Å². The topological polar surface area (TPSA) is 136 Å². The zero-order chi connectivity index (χ0) is 23.9. The summed E-state index contributed by atoms with van der Waals surface area (Å²) in [5.41, 5.74) is 13.1. The van der Waals surface area contributed by atoms with E-state index >= 15 is 0 Å². The maximum Gasteiger partial charge on any atom is 0.145 e. The largest absolute Gasteiger partial charge is 0.390 e. The molecule has 34 heavy (non-hydrogen) atoms. The molecule has 3 heterocycles. The minimum Gasteiger partial charge on any atom is -0.390 e. The van der Waals surface area contributed by atoms with Gasteiger partial charge in [0.05, 0.1) is 28.1 Å². The fourth-order valence-corrected chi connectivity index (χ4v) is 6.38. The second kappa shape index (κ2) is 7.24. The Morgan fingerprint density at radius 1 is 1.21 bits per heavy atom. The first kappa shape index (κ1) is 21.5. The standard InChI is InChI=1S/C24H24ClFN6O2/c1-10(4-11-5-16(26)13-7-15(25)22(28)31-17(13)6-11)24-8-14(24)18(19(33)20(24)34)32-3-2-12-21(27)29-9-30-23(12)32/h2-3,5-7,9-10,14,18-20,33-34H,4,8H2,1H3,(H2,28,31)(H2,27,29,30)/t10?,14-,18-,19?,20+,24+/m1/s1. The van der Waals surface area contributed by atoms with Gasteiger partial charge in [-0.05, 0) is 54.5 Å². The van der Waals surface area contributed by atoms with E-state index in [9.17, 15) is 14.6 Å². The lowest BCUT2D eigenvalue weighted by atomic mass is 9.81. The van der Waals surface area contributed by atoms with Gasteiger partial charge >= 0.3 is 0 Å². The van der Waals surface area contributed by atoms with E-state index in [2.05, 4.69) is 15.0 Å². The predicted molar refractivity (Wildman–Crippen MR) is 128 cm³/mol. The first-order valence-electron chi connectivity index (χ1n) is 11.2. The van der Waals surface area contributed by atoms with Crippen molar-refractivity contribution in [3.8, 4) is 0 Å². The Bertz CT molecular complexity index is 1460. The Morgan fingerprint density at radius 2 is 2.00 bits per heavy atom. The van der Waals surface area contributed by atoms with Crippen LogP contribution in [-0.2, 0) is 6.42 Å². The van der Waals surface area contributed by atoms with Crippen LogP contribution in [0.15, 0.2) is 36.8 Å². The molecule has 1 aromatic carbocycles. The first-order valence-corrected chi connectivity index (χ1v) is 11.6. The van der Waals surface area contributed by atoms with Gasteiger partial charge in [0, 0.05) is 17.0 Å². The highest BCUT2D eigenvalue weighted by molar-refractivity contribution is 6.33. The zero-order valence-electron chi connectivity index (χ0n) is 18.4. The number of anilines is 2. The van der Waals surface area contributed by atoms with E-state index in [0.717, 1.165) is 12.0 Å². The van der Waals surface area contributed by atoms with E-state index in [1.54, 1.807) is 0 Å². The lowest BCUT2D eigenvalue weighted by Gasteiger charge is -2.28. The van der Waals surface area contributed by atoms with Gasteiger partial charge in [-0.2, -0.15) is 0 Å². The molecule has 0 bridgehead atoms. The third kappa shape index (κ3) is 2.87. The molecule has 0 saturated heterocycles. The molecule has 2 aliphatic carbocycles. The minimum absolute atomic E-state index is 0.0184. The Hall–Kier alpha value is -3.01. The van der Waals surface area contributed by atoms with Gasteiger partial charge in [0.2, 0.25) is 0 Å². The molecular formula is C24H24ClFN6O2. The second-order valence-electron chi connectivity index (χ2n) is 9.67. The van der Waals surface area contributed by atoms with Gasteiger partial charge < -0.3 is 26.2 Å². The highest BCUT2D eigenvalue weighted by atomic mass is 35.5. The maximum absolute atomic E-state index is 14.8. The smallest absolute Gasteiger partial charge is 0.145 e. The van der Waals surface area contributed by atoms with Gasteiger partial charge in [-0.3, -0.25) is 0 Å². The van der Waals surface area contributed by atoms with Crippen molar-refractivity contribution in [1.29, 1.82) is 0 Å². The molecule has 2 saturated carbocycles. The van der Waals surface area contributed by atoms with Crippen molar-refractivity contribution >= 4 is 45.2 Å². The van der Waals surface area contributed by atoms with Crippen LogP contribution in [0.5, 0.6) is 0 Å². The SMILES string of the molecule is CC(Cc1cc(F)c2cc(Cl)c(N)nc2c1)[C@@]12C[C@@H]1[C@@H](n1ccc3c(N)ncnc31)C(O)[C@@H]2O. The molecule has 3 aromatic heterocycles. The number of hydrogen-bond donors (Lipinski definition) is 4. The highest BCUT2D eigenvalue weighted by Crippen LogP contribution is 2.71. The molecule has 0 radical (unpaired) electrons. The molecule has 6 N–H and O–H groups in total. The molecule has 0 spiro atoms. The van der Waals surface area contributed by atoms with E-state index in [4.69, 9.17) is 23.1 Å². The third-order valence-electron chi connectivity index (χ3n) is 7.98. The van der Waals surface area contributed by atoms with Gasteiger partial charge in [0.15, 0.2) is 0 Å². The fraction of sp³-hybridized carbons (Fsp3) is 0.375. The number of aliphatic hydroxyl groups is 2. The number of aliphatic hydroxyl groups excluding tert-OH is 2. The highest BCUT2D eigenvalue weighted by Gasteiger charge is 2.73. The van der Waals surface area contributed by atoms with Crippen LogP contribution in [0.25, 0.3) is 21.9 Å². The van der Waals surface area contributed by atoms with E-state index in [0.29, 0.717) is 34.2 Å². The summed E-state index contributed by atoms with van der Waals surface area (Å²) in [6.07, 6.45) is 2.66. The number of hydrogen-bond acceptors (Lipinski definition) is 7. The summed E-state index contributed by atoms with van der Waals surface area (Å²) in [5, 5.41) is 23.4. The van der Waals surface area contributed by atoms with Crippen LogP contribution in [-0.4, -0.2) is 41.9 Å². The summed E-state index contributed by atoms with van der Waals surface area (Å²) in [6, 6.07) is 6.27. The van der Waals surface area contributed by atoms with Crippen LogP contribution < -0.4 is 11.5 Å². The predicted octanol–water partition coefficient (Wildman–Crippen LogP) is 3.10. The maximum atomic E-state index is 14.8. The first-order chi connectivity index (χ1) is 16.2. The van der Waals surface area contributed by atoms with Crippen LogP contribution in [0.2, 0.25) is 5.02 Å². The van der Waals surface area contributed by atoms with Crippen LogP contribution in [0.3, 0.4) is 0 Å². The molecule has 176 valence electrons. The molecule has 6 atom stereocenters. The minimum atomic E-state index is -0.954. The van der Waals surface area contributed by atoms with Crippen molar-refractivity contribution in [3.63, 3.8) is 0 Å². The van der Waals surface area contributed by atoms with E-state index in [1.807, 2.05) is 29.8 Å². The van der Waals surface area contributed by atoms with Crippen LogP contribution in [0, 0.1) is 23.1 Å². The summed E-state index contributed by atoms with van der Waals surface area (Å²) < 4.78 is 16.7. The monoisotopic (exact) mass is 482 g/mol. The van der Waals surface area contributed by atoms with Crippen molar-refractivity contribution in [2.24, 2.45) is 17.3 Å². The number of rotatable bonds is 4. The van der Waals surface area contributed by atoms with Gasteiger partial charge in [0.1, 0.15) is 35.5 Å². The number of benzene rings is 1. The number of pyridine rings is 1. The normalized spacial score (nSPS) is 29.0. The molecule has 0 aliphatic heterocycles. The quantitative estimate of drug-likeness (QED) is 0.351. The molecule has 0 amide bonds. The number of fused-ring (bicyclic) bond motifs is 3. The lowest BCUT2D eigenvalue weighted by Crippen LogP contribution is -2.37. The molecule has 2 aliphatic rings. The zero-order valence-corrected chi connectivity index (χ0v) is 19.1. The Labute approximate surface area is 199 Å². The summed E-state index contributed by atoms with van der Waals surface area (Å²) in [4.78, 5) is 12.6.